The molecule has 0 aliphatic carbocycles. The monoisotopic (exact) mass is 519 g/mol. The van der Waals surface area contributed by atoms with E-state index in [9.17, 15) is 15.0 Å². The Balaban J connectivity index is 1.94. The van der Waals surface area contributed by atoms with Gasteiger partial charge in [0.15, 0.2) is 11.5 Å². The fourth-order valence-electron chi connectivity index (χ4n) is 4.07. The molecule has 0 fully saturated rings. The number of nitrogens with zero attached hydrogens (tertiary/aromatic N) is 2. The molecule has 3 N–H and O–H groups in total. The summed E-state index contributed by atoms with van der Waals surface area (Å²) in [4.78, 5) is 15.1. The lowest BCUT2D eigenvalue weighted by atomic mass is 9.95. The molecule has 1 aliphatic rings. The molecule has 32 heavy (non-hydrogen) atoms. The number of halogens is 2. The van der Waals surface area contributed by atoms with Crippen LogP contribution in [0, 0.1) is 6.92 Å². The number of methoxy groups -OCH3 is 1. The van der Waals surface area contributed by atoms with Crippen molar-refractivity contribution in [2.24, 2.45) is 0 Å². The molecule has 1 aliphatic heterocycles. The van der Waals surface area contributed by atoms with Crippen molar-refractivity contribution >= 4 is 33.4 Å². The third-order valence-corrected chi connectivity index (χ3v) is 6.75. The molecule has 1 atom stereocenters. The number of carbonyl (C=O) groups excluding carboxylic acids is 1. The Hall–Kier alpha value is -2.71. The fourth-order valence-corrected chi connectivity index (χ4v) is 4.69. The molecule has 9 heteroatoms. The van der Waals surface area contributed by atoms with Crippen LogP contribution in [-0.2, 0) is 0 Å². The molecule has 3 aromatic rings. The third-order valence-electron chi connectivity index (χ3n) is 5.73. The van der Waals surface area contributed by atoms with Crippen molar-refractivity contribution in [1.82, 2.24) is 15.1 Å². The van der Waals surface area contributed by atoms with Crippen LogP contribution in [0.15, 0.2) is 28.7 Å². The number of aromatic hydroxyl groups is 2. The number of phenols is 2. The number of amides is 1. The number of hydrogen-bond donors (Lipinski definition) is 3. The van der Waals surface area contributed by atoms with E-state index in [4.69, 9.17) is 16.3 Å². The molecule has 1 aromatic heterocycles. The first kappa shape index (κ1) is 22.5. The summed E-state index contributed by atoms with van der Waals surface area (Å²) >= 11 is 9.72. The van der Waals surface area contributed by atoms with E-state index in [1.165, 1.54) is 7.11 Å². The van der Waals surface area contributed by atoms with E-state index in [2.05, 4.69) is 33.1 Å². The van der Waals surface area contributed by atoms with Gasteiger partial charge in [-0.05, 0) is 64.7 Å². The minimum absolute atomic E-state index is 0.0173. The number of aromatic nitrogens is 2. The van der Waals surface area contributed by atoms with Crippen LogP contribution in [0.3, 0.4) is 0 Å². The maximum atomic E-state index is 13.3. The molecule has 2 aromatic carbocycles. The van der Waals surface area contributed by atoms with Gasteiger partial charge in [-0.2, -0.15) is 5.10 Å². The fraction of sp³-hybridized carbons (Fsp3) is 0.304. The zero-order chi connectivity index (χ0) is 23.2. The highest BCUT2D eigenvalue weighted by atomic mass is 79.9. The topological polar surface area (TPSA) is 98.7 Å². The van der Waals surface area contributed by atoms with Crippen LogP contribution < -0.4 is 4.74 Å². The number of nitrogens with one attached hydrogen (secondary N) is 1. The zero-order valence-electron chi connectivity index (χ0n) is 17.9. The first-order valence-corrected chi connectivity index (χ1v) is 11.4. The zero-order valence-corrected chi connectivity index (χ0v) is 20.2. The van der Waals surface area contributed by atoms with Crippen LogP contribution in [0.1, 0.15) is 53.0 Å². The average molecular weight is 521 g/mol. The van der Waals surface area contributed by atoms with E-state index in [0.29, 0.717) is 38.6 Å². The van der Waals surface area contributed by atoms with E-state index in [0.717, 1.165) is 24.0 Å². The summed E-state index contributed by atoms with van der Waals surface area (Å²) in [5.41, 5.74) is 3.42. The Morgan fingerprint density at radius 1 is 1.28 bits per heavy atom. The van der Waals surface area contributed by atoms with E-state index < -0.39 is 6.04 Å². The quantitative estimate of drug-likeness (QED) is 0.395. The molecule has 0 saturated heterocycles. The van der Waals surface area contributed by atoms with Crippen molar-refractivity contribution in [2.75, 3.05) is 13.7 Å². The molecule has 168 valence electrons. The molecule has 0 spiro atoms. The van der Waals surface area contributed by atoms with Gasteiger partial charge in [0, 0.05) is 22.7 Å². The maximum Gasteiger partial charge on any atom is 0.273 e. The Labute approximate surface area is 199 Å². The third kappa shape index (κ3) is 3.61. The van der Waals surface area contributed by atoms with E-state index in [1.807, 2.05) is 0 Å². The summed E-state index contributed by atoms with van der Waals surface area (Å²) in [6.07, 6.45) is 1.75. The number of fused-ring (bicyclic) bond motifs is 1. The standard InChI is InChI=1S/C23H23BrClN3O4/c1-4-5-6-28-21(12-8-14(24)22(30)17(9-12)32-3)18-19(26-27-20(18)23(28)31)13-10-15(25)11(2)7-16(13)29/h7-10,21,29-30H,4-6H2,1-3H3,(H,26,27). The lowest BCUT2D eigenvalue weighted by molar-refractivity contribution is 0.0741. The molecule has 0 bridgehead atoms. The molecule has 2 heterocycles. The van der Waals surface area contributed by atoms with E-state index in [-0.39, 0.29) is 23.2 Å². The molecular formula is C23H23BrClN3O4. The summed E-state index contributed by atoms with van der Waals surface area (Å²) in [7, 11) is 1.47. The van der Waals surface area contributed by atoms with Crippen molar-refractivity contribution in [3.63, 3.8) is 0 Å². The highest BCUT2D eigenvalue weighted by Crippen LogP contribution is 2.47. The van der Waals surface area contributed by atoms with Gasteiger partial charge >= 0.3 is 0 Å². The average Bonchev–Trinajstić information content (AvgIpc) is 3.30. The van der Waals surface area contributed by atoms with Gasteiger partial charge in [-0.3, -0.25) is 9.89 Å². The molecule has 0 radical (unpaired) electrons. The lowest BCUT2D eigenvalue weighted by Gasteiger charge is -2.27. The van der Waals surface area contributed by atoms with Gasteiger partial charge in [0.1, 0.15) is 17.1 Å². The van der Waals surface area contributed by atoms with Crippen LogP contribution in [0.25, 0.3) is 11.3 Å². The second-order valence-electron chi connectivity index (χ2n) is 7.79. The van der Waals surface area contributed by atoms with Crippen LogP contribution >= 0.6 is 27.5 Å². The Kier molecular flexibility index (Phi) is 6.09. The van der Waals surface area contributed by atoms with Crippen LogP contribution in [0.5, 0.6) is 17.2 Å². The first-order chi connectivity index (χ1) is 15.3. The summed E-state index contributed by atoms with van der Waals surface area (Å²) < 4.78 is 5.79. The second-order valence-corrected chi connectivity index (χ2v) is 9.05. The first-order valence-electron chi connectivity index (χ1n) is 10.2. The minimum atomic E-state index is -0.483. The normalized spacial score (nSPS) is 15.3. The van der Waals surface area contributed by atoms with Gasteiger partial charge < -0.3 is 19.8 Å². The summed E-state index contributed by atoms with van der Waals surface area (Å²) in [5.74, 6) is 0.134. The van der Waals surface area contributed by atoms with Crippen molar-refractivity contribution in [1.29, 1.82) is 0 Å². The van der Waals surface area contributed by atoms with E-state index >= 15 is 0 Å². The van der Waals surface area contributed by atoms with Gasteiger partial charge in [0.05, 0.1) is 17.6 Å². The highest BCUT2D eigenvalue weighted by molar-refractivity contribution is 9.10. The number of aromatic amines is 1. The van der Waals surface area contributed by atoms with Crippen molar-refractivity contribution in [3.05, 3.63) is 56.1 Å². The highest BCUT2D eigenvalue weighted by Gasteiger charge is 2.42. The Bertz CT molecular complexity index is 1210. The van der Waals surface area contributed by atoms with Gasteiger partial charge in [-0.1, -0.05) is 24.9 Å². The van der Waals surface area contributed by atoms with Gasteiger partial charge in [0.2, 0.25) is 0 Å². The Morgan fingerprint density at radius 2 is 2.03 bits per heavy atom. The van der Waals surface area contributed by atoms with Gasteiger partial charge in [0.25, 0.3) is 5.91 Å². The molecular weight excluding hydrogens is 498 g/mol. The number of benzene rings is 2. The van der Waals surface area contributed by atoms with Crippen LogP contribution in [-0.4, -0.2) is 44.9 Å². The molecule has 1 unspecified atom stereocenters. The summed E-state index contributed by atoms with van der Waals surface area (Å²) in [6, 6.07) is 6.24. The SMILES string of the molecule is CCCCN1C(=O)c2[nH]nc(-c3cc(Cl)c(C)cc3O)c2C1c1cc(Br)c(O)c(OC)c1. The Morgan fingerprint density at radius 3 is 2.72 bits per heavy atom. The molecule has 7 nitrogen and oxygen atoms in total. The maximum absolute atomic E-state index is 13.3. The summed E-state index contributed by atoms with van der Waals surface area (Å²) in [5, 5.41) is 28.7. The molecule has 0 saturated carbocycles. The lowest BCUT2D eigenvalue weighted by Crippen LogP contribution is -2.30. The number of H-pyrrole nitrogens is 1. The van der Waals surface area contributed by atoms with Gasteiger partial charge in [-0.25, -0.2) is 0 Å². The number of carbonyl (C=O) groups is 1. The smallest absolute Gasteiger partial charge is 0.273 e. The van der Waals surface area contributed by atoms with Crippen molar-refractivity contribution in [3.8, 4) is 28.5 Å². The predicted molar refractivity (Wildman–Crippen MR) is 126 cm³/mol. The number of aryl methyl sites for hydroxylation is 1. The van der Waals surface area contributed by atoms with Crippen molar-refractivity contribution < 1.29 is 19.7 Å². The van der Waals surface area contributed by atoms with Gasteiger partial charge in [-0.15, -0.1) is 0 Å². The van der Waals surface area contributed by atoms with E-state index in [1.54, 1.807) is 36.1 Å². The minimum Gasteiger partial charge on any atom is -0.507 e. The number of rotatable bonds is 6. The largest absolute Gasteiger partial charge is 0.507 e. The number of phenolic OH excluding ortho intramolecular Hbond substituents is 2. The molecule has 4 rings (SSSR count). The second kappa shape index (κ2) is 8.67. The number of hydrogen-bond acceptors (Lipinski definition) is 5. The number of unbranched alkanes of at least 4 members (excludes halogenated alkanes) is 1. The van der Waals surface area contributed by atoms with Crippen LogP contribution in [0.2, 0.25) is 5.02 Å². The predicted octanol–water partition coefficient (Wildman–Crippen LogP) is 5.57. The summed E-state index contributed by atoms with van der Waals surface area (Å²) in [6.45, 7) is 4.41. The number of ether oxygens (including phenoxy) is 1. The molecule has 1 amide bonds. The van der Waals surface area contributed by atoms with Crippen LogP contribution in [0.4, 0.5) is 0 Å². The van der Waals surface area contributed by atoms with Crippen molar-refractivity contribution in [2.45, 2.75) is 32.7 Å².